The van der Waals surface area contributed by atoms with Gasteiger partial charge in [-0.1, -0.05) is 24.4 Å². The number of carbonyl (C=O) groups excluding carboxylic acids is 1. The maximum atomic E-state index is 10.9. The molecule has 0 fully saturated rings. The van der Waals surface area contributed by atoms with Crippen molar-refractivity contribution in [3.63, 3.8) is 0 Å². The minimum atomic E-state index is -0.332. The van der Waals surface area contributed by atoms with Crippen LogP contribution in [0.2, 0.25) is 5.02 Å². The summed E-state index contributed by atoms with van der Waals surface area (Å²) in [5, 5.41) is 9.31. The zero-order valence-electron chi connectivity index (χ0n) is 11.4. The summed E-state index contributed by atoms with van der Waals surface area (Å²) in [6.45, 7) is -0.332. The van der Waals surface area contributed by atoms with Crippen molar-refractivity contribution >= 4 is 28.4 Å². The van der Waals surface area contributed by atoms with Gasteiger partial charge < -0.3 is 10.1 Å². The molecular weight excluding hydrogens is 276 g/mol. The number of aryl methyl sites for hydroxylation is 1. The average Bonchev–Trinajstić information content (AvgIpc) is 2.84. The zero-order valence-corrected chi connectivity index (χ0v) is 12.1. The number of nitrogens with zero attached hydrogens (tertiary/aromatic N) is 1. The highest BCUT2D eigenvalue weighted by atomic mass is 35.5. The van der Waals surface area contributed by atoms with Gasteiger partial charge in [0.05, 0.1) is 11.0 Å². The molecule has 4 nitrogen and oxygen atoms in total. The Labute approximate surface area is 123 Å². The Balaban J connectivity index is 1.72. The van der Waals surface area contributed by atoms with Crippen molar-refractivity contribution in [2.24, 2.45) is 0 Å². The third-order valence-electron chi connectivity index (χ3n) is 3.29. The van der Waals surface area contributed by atoms with Crippen molar-refractivity contribution in [1.29, 1.82) is 0 Å². The lowest BCUT2D eigenvalue weighted by atomic mass is 10.1. The number of hydrogen-bond donors (Lipinski definition) is 2. The van der Waals surface area contributed by atoms with Gasteiger partial charge in [0.25, 0.3) is 0 Å². The summed E-state index contributed by atoms with van der Waals surface area (Å²) in [7, 11) is 0. The number of hydrogen-bond acceptors (Lipinski definition) is 3. The normalized spacial score (nSPS) is 11.1. The SMILES string of the molecule is O=C(CO)CCCCCCc1nc2ccc(Cl)cc2[nH]1. The highest BCUT2D eigenvalue weighted by Gasteiger charge is 2.03. The molecule has 0 aliphatic rings. The summed E-state index contributed by atoms with van der Waals surface area (Å²) in [5.74, 6) is 0.910. The van der Waals surface area contributed by atoms with Gasteiger partial charge >= 0.3 is 0 Å². The van der Waals surface area contributed by atoms with Crippen molar-refractivity contribution in [3.05, 3.63) is 29.0 Å². The minimum absolute atomic E-state index is 0.0702. The fraction of sp³-hybridized carbons (Fsp3) is 0.467. The Hall–Kier alpha value is -1.39. The zero-order chi connectivity index (χ0) is 14.4. The molecule has 108 valence electrons. The highest BCUT2D eigenvalue weighted by molar-refractivity contribution is 6.31. The van der Waals surface area contributed by atoms with Crippen LogP contribution in [0.1, 0.15) is 37.9 Å². The van der Waals surface area contributed by atoms with Crippen LogP contribution in [0.4, 0.5) is 0 Å². The van der Waals surface area contributed by atoms with Crippen molar-refractivity contribution in [2.45, 2.75) is 38.5 Å². The van der Waals surface area contributed by atoms with Crippen LogP contribution in [-0.2, 0) is 11.2 Å². The first-order valence-electron chi connectivity index (χ1n) is 6.96. The van der Waals surface area contributed by atoms with E-state index in [4.69, 9.17) is 16.7 Å². The lowest BCUT2D eigenvalue weighted by molar-refractivity contribution is -0.121. The van der Waals surface area contributed by atoms with E-state index in [0.29, 0.717) is 11.4 Å². The van der Waals surface area contributed by atoms with E-state index in [1.807, 2.05) is 18.2 Å². The maximum Gasteiger partial charge on any atom is 0.158 e. The summed E-state index contributed by atoms with van der Waals surface area (Å²) in [4.78, 5) is 18.7. The third-order valence-corrected chi connectivity index (χ3v) is 3.52. The van der Waals surface area contributed by atoms with E-state index in [1.54, 1.807) is 0 Å². The average molecular weight is 295 g/mol. The van der Waals surface area contributed by atoms with Crippen molar-refractivity contribution < 1.29 is 9.90 Å². The Morgan fingerprint density at radius 1 is 1.25 bits per heavy atom. The van der Waals surface area contributed by atoms with E-state index in [2.05, 4.69) is 9.97 Å². The lowest BCUT2D eigenvalue weighted by Gasteiger charge is -1.99. The number of imidazole rings is 1. The number of ketones is 1. The molecule has 0 aliphatic heterocycles. The van der Waals surface area contributed by atoms with Gasteiger partial charge in [0.15, 0.2) is 5.78 Å². The maximum absolute atomic E-state index is 10.9. The summed E-state index contributed by atoms with van der Waals surface area (Å²) in [6, 6.07) is 5.64. The molecule has 0 saturated carbocycles. The Morgan fingerprint density at radius 3 is 2.85 bits per heavy atom. The van der Waals surface area contributed by atoms with Crippen molar-refractivity contribution in [3.8, 4) is 0 Å². The van der Waals surface area contributed by atoms with Gasteiger partial charge in [-0.2, -0.15) is 0 Å². The first-order chi connectivity index (χ1) is 9.69. The van der Waals surface area contributed by atoms with Crippen LogP contribution in [0, 0.1) is 0 Å². The molecule has 2 aromatic rings. The Bertz CT molecular complexity index is 580. The van der Waals surface area contributed by atoms with Gasteiger partial charge in [0.2, 0.25) is 0 Å². The predicted molar refractivity (Wildman–Crippen MR) is 80.0 cm³/mol. The number of H-pyrrole nitrogens is 1. The van der Waals surface area contributed by atoms with E-state index in [-0.39, 0.29) is 12.4 Å². The molecule has 0 spiro atoms. The van der Waals surface area contributed by atoms with Crippen LogP contribution in [0.5, 0.6) is 0 Å². The highest BCUT2D eigenvalue weighted by Crippen LogP contribution is 2.18. The standard InChI is InChI=1S/C15H19ClN2O2/c16-11-7-8-13-14(9-11)18-15(17-13)6-4-2-1-3-5-12(20)10-19/h7-9,19H,1-6,10H2,(H,17,18). The molecule has 0 amide bonds. The molecule has 0 aliphatic carbocycles. The van der Waals surface area contributed by atoms with Gasteiger partial charge in [-0.25, -0.2) is 4.98 Å². The Morgan fingerprint density at radius 2 is 2.05 bits per heavy atom. The van der Waals surface area contributed by atoms with E-state index in [9.17, 15) is 4.79 Å². The number of aliphatic hydroxyl groups excluding tert-OH is 1. The number of halogens is 1. The number of rotatable bonds is 8. The number of aromatic amines is 1. The molecule has 0 saturated heterocycles. The quantitative estimate of drug-likeness (QED) is 0.734. The molecule has 2 rings (SSSR count). The molecule has 0 radical (unpaired) electrons. The summed E-state index contributed by atoms with van der Waals surface area (Å²) >= 11 is 5.93. The van der Waals surface area contributed by atoms with Crippen LogP contribution < -0.4 is 0 Å². The van der Waals surface area contributed by atoms with E-state index < -0.39 is 0 Å². The number of aliphatic hydroxyl groups is 1. The fourth-order valence-corrected chi connectivity index (χ4v) is 2.37. The number of Topliss-reactive ketones (excluding diaryl/α,β-unsaturated/α-hetero) is 1. The number of nitrogens with one attached hydrogen (secondary N) is 1. The van der Waals surface area contributed by atoms with Gasteiger partial charge in [-0.05, 0) is 31.0 Å². The molecule has 0 unspecified atom stereocenters. The number of fused-ring (bicyclic) bond motifs is 1. The summed E-state index contributed by atoms with van der Waals surface area (Å²) in [5.41, 5.74) is 1.92. The number of unbranched alkanes of at least 4 members (excludes halogenated alkanes) is 3. The van der Waals surface area contributed by atoms with Crippen LogP contribution in [0.3, 0.4) is 0 Å². The number of benzene rings is 1. The first-order valence-corrected chi connectivity index (χ1v) is 7.33. The van der Waals surface area contributed by atoms with Gasteiger partial charge in [0.1, 0.15) is 12.4 Å². The second-order valence-electron chi connectivity index (χ2n) is 4.96. The molecule has 0 bridgehead atoms. The second-order valence-corrected chi connectivity index (χ2v) is 5.39. The smallest absolute Gasteiger partial charge is 0.158 e. The predicted octanol–water partition coefficient (Wildman–Crippen LogP) is 3.27. The van der Waals surface area contributed by atoms with Crippen LogP contribution in [0.15, 0.2) is 18.2 Å². The van der Waals surface area contributed by atoms with E-state index in [0.717, 1.165) is 49.0 Å². The molecule has 1 aromatic carbocycles. The number of carbonyl (C=O) groups is 1. The summed E-state index contributed by atoms with van der Waals surface area (Å²) in [6.07, 6.45) is 5.37. The lowest BCUT2D eigenvalue weighted by Crippen LogP contribution is -2.02. The molecular formula is C15H19ClN2O2. The monoisotopic (exact) mass is 294 g/mol. The Kier molecular flexibility index (Phi) is 5.56. The fourth-order valence-electron chi connectivity index (χ4n) is 2.20. The summed E-state index contributed by atoms with van der Waals surface area (Å²) < 4.78 is 0. The van der Waals surface area contributed by atoms with Gasteiger partial charge in [-0.3, -0.25) is 4.79 Å². The second kappa shape index (κ2) is 7.41. The molecule has 1 aromatic heterocycles. The van der Waals surface area contributed by atoms with E-state index >= 15 is 0 Å². The van der Waals surface area contributed by atoms with Crippen molar-refractivity contribution in [1.82, 2.24) is 9.97 Å². The molecule has 0 atom stereocenters. The largest absolute Gasteiger partial charge is 0.389 e. The topological polar surface area (TPSA) is 66.0 Å². The minimum Gasteiger partial charge on any atom is -0.389 e. The molecule has 2 N–H and O–H groups in total. The van der Waals surface area contributed by atoms with Crippen molar-refractivity contribution in [2.75, 3.05) is 6.61 Å². The molecule has 5 heteroatoms. The number of aromatic nitrogens is 2. The van der Waals surface area contributed by atoms with Gasteiger partial charge in [0, 0.05) is 17.9 Å². The van der Waals surface area contributed by atoms with E-state index in [1.165, 1.54) is 0 Å². The van der Waals surface area contributed by atoms with Crippen LogP contribution in [0.25, 0.3) is 11.0 Å². The first kappa shape index (κ1) is 15.0. The molecule has 20 heavy (non-hydrogen) atoms. The van der Waals surface area contributed by atoms with Gasteiger partial charge in [-0.15, -0.1) is 0 Å². The van der Waals surface area contributed by atoms with Crippen LogP contribution >= 0.6 is 11.6 Å². The molecule has 1 heterocycles. The van der Waals surface area contributed by atoms with Crippen LogP contribution in [-0.4, -0.2) is 27.5 Å². The third kappa shape index (κ3) is 4.32.